The third kappa shape index (κ3) is 3.52. The summed E-state index contributed by atoms with van der Waals surface area (Å²) >= 11 is 8.01. The van der Waals surface area contributed by atoms with Gasteiger partial charge in [0.1, 0.15) is 0 Å². The summed E-state index contributed by atoms with van der Waals surface area (Å²) in [5.74, 6) is 0.929. The highest BCUT2D eigenvalue weighted by Gasteiger charge is 2.05. The molecule has 2 aromatic carbocycles. The van der Waals surface area contributed by atoms with E-state index in [0.29, 0.717) is 0 Å². The molecule has 0 saturated carbocycles. The second-order valence-electron chi connectivity index (χ2n) is 4.25. The molecule has 2 aromatic rings. The summed E-state index contributed by atoms with van der Waals surface area (Å²) < 4.78 is 0. The van der Waals surface area contributed by atoms with Crippen LogP contribution in [-0.2, 0) is 5.75 Å². The molecule has 0 radical (unpaired) electrons. The summed E-state index contributed by atoms with van der Waals surface area (Å²) in [4.78, 5) is 1.10. The first-order valence-corrected chi connectivity index (χ1v) is 7.25. The minimum Gasteiger partial charge on any atom is -0.324 e. The van der Waals surface area contributed by atoms with Crippen molar-refractivity contribution in [3.8, 4) is 0 Å². The minimum absolute atomic E-state index is 0.0238. The van der Waals surface area contributed by atoms with Gasteiger partial charge in [-0.2, -0.15) is 0 Å². The summed E-state index contributed by atoms with van der Waals surface area (Å²) in [6, 6.07) is 16.5. The average molecular weight is 278 g/mol. The molecule has 0 unspecified atom stereocenters. The van der Waals surface area contributed by atoms with Crippen LogP contribution in [-0.4, -0.2) is 0 Å². The first kappa shape index (κ1) is 13.5. The molecule has 94 valence electrons. The van der Waals surface area contributed by atoms with E-state index in [2.05, 4.69) is 30.3 Å². The third-order valence-corrected chi connectivity index (χ3v) is 4.29. The Labute approximate surface area is 117 Å². The molecule has 0 aliphatic rings. The van der Waals surface area contributed by atoms with Gasteiger partial charge < -0.3 is 5.73 Å². The van der Waals surface area contributed by atoms with Crippen LogP contribution in [0, 0.1) is 0 Å². The highest BCUT2D eigenvalue weighted by atomic mass is 35.5. The van der Waals surface area contributed by atoms with E-state index >= 15 is 0 Å². The molecule has 1 atom stereocenters. The van der Waals surface area contributed by atoms with Gasteiger partial charge in [0.2, 0.25) is 0 Å². The lowest BCUT2D eigenvalue weighted by Crippen LogP contribution is -2.04. The van der Waals surface area contributed by atoms with Gasteiger partial charge >= 0.3 is 0 Å². The Kier molecular flexibility index (Phi) is 4.70. The molecule has 0 fully saturated rings. The molecular formula is C15H16ClNS. The molecule has 0 spiro atoms. The molecule has 0 amide bonds. The lowest BCUT2D eigenvalue weighted by Gasteiger charge is -2.09. The van der Waals surface area contributed by atoms with E-state index in [4.69, 9.17) is 17.3 Å². The summed E-state index contributed by atoms with van der Waals surface area (Å²) in [5.41, 5.74) is 8.21. The van der Waals surface area contributed by atoms with Crippen LogP contribution in [0.25, 0.3) is 0 Å². The van der Waals surface area contributed by atoms with Gasteiger partial charge in [0.25, 0.3) is 0 Å². The van der Waals surface area contributed by atoms with Gasteiger partial charge in [-0.1, -0.05) is 48.0 Å². The monoisotopic (exact) mass is 277 g/mol. The van der Waals surface area contributed by atoms with Crippen LogP contribution >= 0.6 is 23.4 Å². The average Bonchev–Trinajstić information content (AvgIpc) is 2.38. The first-order chi connectivity index (χ1) is 8.66. The van der Waals surface area contributed by atoms with Gasteiger partial charge in [0, 0.05) is 16.7 Å². The van der Waals surface area contributed by atoms with Crippen molar-refractivity contribution in [1.29, 1.82) is 0 Å². The lowest BCUT2D eigenvalue weighted by atomic mass is 10.1. The number of hydrogen-bond acceptors (Lipinski definition) is 2. The standard InChI is InChI=1S/C15H16ClNS/c1-11(17)13-7-8-15(14(16)9-13)18-10-12-5-3-2-4-6-12/h2-9,11H,10,17H2,1H3/t11-/m0/s1. The quantitative estimate of drug-likeness (QED) is 0.823. The molecule has 0 aliphatic heterocycles. The summed E-state index contributed by atoms with van der Waals surface area (Å²) in [6.07, 6.45) is 0. The Hall–Kier alpha value is -0.960. The van der Waals surface area contributed by atoms with Crippen LogP contribution in [0.5, 0.6) is 0 Å². The number of thioether (sulfide) groups is 1. The van der Waals surface area contributed by atoms with Crippen LogP contribution in [0.15, 0.2) is 53.4 Å². The highest BCUT2D eigenvalue weighted by molar-refractivity contribution is 7.98. The predicted octanol–water partition coefficient (Wildman–Crippen LogP) is 4.65. The van der Waals surface area contributed by atoms with Gasteiger partial charge in [0.05, 0.1) is 5.02 Å². The smallest absolute Gasteiger partial charge is 0.0545 e. The maximum atomic E-state index is 6.26. The Morgan fingerprint density at radius 3 is 2.50 bits per heavy atom. The molecule has 3 heteroatoms. The fourth-order valence-electron chi connectivity index (χ4n) is 1.65. The van der Waals surface area contributed by atoms with Crippen molar-refractivity contribution in [2.45, 2.75) is 23.6 Å². The number of nitrogens with two attached hydrogens (primary N) is 1. The van der Waals surface area contributed by atoms with Crippen molar-refractivity contribution in [3.63, 3.8) is 0 Å². The SMILES string of the molecule is C[C@H](N)c1ccc(SCc2ccccc2)c(Cl)c1. The molecule has 18 heavy (non-hydrogen) atoms. The van der Waals surface area contributed by atoms with E-state index in [-0.39, 0.29) is 6.04 Å². The van der Waals surface area contributed by atoms with Crippen LogP contribution in [0.1, 0.15) is 24.1 Å². The zero-order valence-corrected chi connectivity index (χ0v) is 11.8. The third-order valence-electron chi connectivity index (χ3n) is 2.72. The van der Waals surface area contributed by atoms with Gasteiger partial charge in [-0.15, -0.1) is 11.8 Å². The van der Waals surface area contributed by atoms with Gasteiger partial charge in [-0.25, -0.2) is 0 Å². The van der Waals surface area contributed by atoms with Crippen molar-refractivity contribution in [3.05, 3.63) is 64.7 Å². The van der Waals surface area contributed by atoms with Crippen molar-refractivity contribution in [2.75, 3.05) is 0 Å². The van der Waals surface area contributed by atoms with Crippen molar-refractivity contribution < 1.29 is 0 Å². The Bertz CT molecular complexity index is 511. The topological polar surface area (TPSA) is 26.0 Å². The maximum absolute atomic E-state index is 6.26. The minimum atomic E-state index is 0.0238. The molecule has 0 saturated heterocycles. The number of rotatable bonds is 4. The van der Waals surface area contributed by atoms with E-state index in [1.165, 1.54) is 5.56 Å². The fraction of sp³-hybridized carbons (Fsp3) is 0.200. The predicted molar refractivity (Wildman–Crippen MR) is 80.1 cm³/mol. The van der Waals surface area contributed by atoms with E-state index in [9.17, 15) is 0 Å². The normalized spacial score (nSPS) is 12.4. The van der Waals surface area contributed by atoms with Crippen molar-refractivity contribution in [2.24, 2.45) is 5.73 Å². The van der Waals surface area contributed by atoms with Gasteiger partial charge in [-0.3, -0.25) is 0 Å². The highest BCUT2D eigenvalue weighted by Crippen LogP contribution is 2.31. The maximum Gasteiger partial charge on any atom is 0.0545 e. The Balaban J connectivity index is 2.06. The molecule has 0 bridgehead atoms. The van der Waals surface area contributed by atoms with Crippen molar-refractivity contribution >= 4 is 23.4 Å². The van der Waals surface area contributed by atoms with Crippen LogP contribution in [0.4, 0.5) is 0 Å². The lowest BCUT2D eigenvalue weighted by molar-refractivity contribution is 0.817. The summed E-state index contributed by atoms with van der Waals surface area (Å²) in [7, 11) is 0. The Morgan fingerprint density at radius 2 is 1.89 bits per heavy atom. The number of hydrogen-bond donors (Lipinski definition) is 1. The number of benzene rings is 2. The first-order valence-electron chi connectivity index (χ1n) is 5.88. The van der Waals surface area contributed by atoms with Crippen molar-refractivity contribution in [1.82, 2.24) is 0 Å². The Morgan fingerprint density at radius 1 is 1.17 bits per heavy atom. The molecule has 0 heterocycles. The van der Waals surface area contributed by atoms with E-state index in [1.54, 1.807) is 11.8 Å². The second kappa shape index (κ2) is 6.28. The van der Waals surface area contributed by atoms with Gasteiger partial charge in [0.15, 0.2) is 0 Å². The fourth-order valence-corrected chi connectivity index (χ4v) is 2.88. The molecule has 2 N–H and O–H groups in total. The summed E-state index contributed by atoms with van der Waals surface area (Å²) in [6.45, 7) is 1.96. The van der Waals surface area contributed by atoms with E-state index in [1.807, 2.05) is 25.1 Å². The van der Waals surface area contributed by atoms with E-state index < -0.39 is 0 Å². The van der Waals surface area contributed by atoms with E-state index in [0.717, 1.165) is 21.2 Å². The molecule has 2 rings (SSSR count). The van der Waals surface area contributed by atoms with Crippen LogP contribution in [0.2, 0.25) is 5.02 Å². The summed E-state index contributed by atoms with van der Waals surface area (Å²) in [5, 5.41) is 0.783. The van der Waals surface area contributed by atoms with Crippen LogP contribution in [0.3, 0.4) is 0 Å². The largest absolute Gasteiger partial charge is 0.324 e. The molecule has 1 nitrogen and oxygen atoms in total. The zero-order chi connectivity index (χ0) is 13.0. The zero-order valence-electron chi connectivity index (χ0n) is 10.3. The molecule has 0 aliphatic carbocycles. The molecular weight excluding hydrogens is 262 g/mol. The number of halogens is 1. The second-order valence-corrected chi connectivity index (χ2v) is 5.68. The van der Waals surface area contributed by atoms with Gasteiger partial charge in [-0.05, 0) is 30.2 Å². The molecule has 0 aromatic heterocycles. The van der Waals surface area contributed by atoms with Crippen LogP contribution < -0.4 is 5.73 Å².